The fraction of sp³-hybridized carbons (Fsp3) is 0.500. The van der Waals surface area contributed by atoms with E-state index in [4.69, 9.17) is 8.94 Å². The number of amides is 1. The van der Waals surface area contributed by atoms with Crippen LogP contribution < -0.4 is 0 Å². The zero-order chi connectivity index (χ0) is 17.2. The number of carboxylic acid groups (broad SMARTS) is 1. The summed E-state index contributed by atoms with van der Waals surface area (Å²) >= 11 is 0. The number of likely N-dealkylation sites (tertiary alicyclic amines) is 1. The van der Waals surface area contributed by atoms with Gasteiger partial charge in [-0.25, -0.2) is 0 Å². The minimum atomic E-state index is -0.870. The summed E-state index contributed by atoms with van der Waals surface area (Å²) in [6.45, 7) is 2.51. The van der Waals surface area contributed by atoms with E-state index in [1.807, 2.05) is 0 Å². The summed E-state index contributed by atoms with van der Waals surface area (Å²) in [5, 5.41) is 13.1. The van der Waals surface area contributed by atoms with Gasteiger partial charge in [-0.2, -0.15) is 4.98 Å². The van der Waals surface area contributed by atoms with Crippen LogP contribution >= 0.6 is 0 Å². The summed E-state index contributed by atoms with van der Waals surface area (Å²) in [6.07, 6.45) is 3.31. The second-order valence-electron chi connectivity index (χ2n) is 6.27. The van der Waals surface area contributed by atoms with Gasteiger partial charge in [0.15, 0.2) is 5.76 Å². The molecule has 3 rings (SSSR count). The molecule has 0 aromatic carbocycles. The van der Waals surface area contributed by atoms with Gasteiger partial charge < -0.3 is 18.9 Å². The Balaban J connectivity index is 1.57. The molecule has 1 amide bonds. The normalized spacial score (nSPS) is 21.0. The van der Waals surface area contributed by atoms with E-state index in [1.165, 1.54) is 6.26 Å². The number of hydrogen-bond acceptors (Lipinski definition) is 6. The molecule has 1 saturated heterocycles. The number of nitrogens with zero attached hydrogens (tertiary/aromatic N) is 3. The van der Waals surface area contributed by atoms with Gasteiger partial charge in [-0.15, -0.1) is 0 Å². The van der Waals surface area contributed by atoms with Gasteiger partial charge in [-0.3, -0.25) is 9.59 Å². The molecule has 2 aromatic heterocycles. The van der Waals surface area contributed by atoms with Gasteiger partial charge in [-0.05, 0) is 31.9 Å². The number of furan rings is 1. The summed E-state index contributed by atoms with van der Waals surface area (Å²) in [7, 11) is 0. The standard InChI is InChI=1S/C16H19N3O5/c1-16(15(21)22)7-3-8-19(10-16)13(20)6-5-12-17-14(18-24-12)11-4-2-9-23-11/h2,4,9H,3,5-8,10H2,1H3,(H,21,22). The van der Waals surface area contributed by atoms with Crippen LogP contribution in [0.5, 0.6) is 0 Å². The summed E-state index contributed by atoms with van der Waals surface area (Å²) in [5.41, 5.74) is -0.870. The minimum absolute atomic E-state index is 0.0973. The molecule has 1 aliphatic rings. The van der Waals surface area contributed by atoms with Crippen molar-refractivity contribution in [2.24, 2.45) is 5.41 Å². The van der Waals surface area contributed by atoms with Crippen molar-refractivity contribution in [1.82, 2.24) is 15.0 Å². The Morgan fingerprint density at radius 2 is 2.29 bits per heavy atom. The molecule has 1 aliphatic heterocycles. The van der Waals surface area contributed by atoms with Crippen molar-refractivity contribution in [3.63, 3.8) is 0 Å². The van der Waals surface area contributed by atoms with Crippen LogP contribution in [-0.2, 0) is 16.0 Å². The van der Waals surface area contributed by atoms with Crippen LogP contribution in [0.3, 0.4) is 0 Å². The quantitative estimate of drug-likeness (QED) is 0.890. The highest BCUT2D eigenvalue weighted by Crippen LogP contribution is 2.30. The Morgan fingerprint density at radius 3 is 3.00 bits per heavy atom. The fourth-order valence-corrected chi connectivity index (χ4v) is 2.86. The first-order valence-electron chi connectivity index (χ1n) is 7.85. The molecular formula is C16H19N3O5. The molecule has 0 radical (unpaired) electrons. The molecule has 1 atom stereocenters. The average Bonchev–Trinajstić information content (AvgIpc) is 3.23. The number of aryl methyl sites for hydroxylation is 1. The van der Waals surface area contributed by atoms with E-state index in [2.05, 4.69) is 10.1 Å². The van der Waals surface area contributed by atoms with Gasteiger partial charge in [0.05, 0.1) is 11.7 Å². The lowest BCUT2D eigenvalue weighted by atomic mass is 9.82. The lowest BCUT2D eigenvalue weighted by Gasteiger charge is -2.37. The Kier molecular flexibility index (Phi) is 4.37. The smallest absolute Gasteiger partial charge is 0.311 e. The van der Waals surface area contributed by atoms with E-state index in [0.29, 0.717) is 43.3 Å². The Hall–Kier alpha value is -2.64. The molecule has 24 heavy (non-hydrogen) atoms. The Labute approximate surface area is 138 Å². The summed E-state index contributed by atoms with van der Waals surface area (Å²) in [4.78, 5) is 29.5. The number of rotatable bonds is 5. The third-order valence-electron chi connectivity index (χ3n) is 4.33. The highest BCUT2D eigenvalue weighted by molar-refractivity contribution is 5.79. The molecule has 0 spiro atoms. The van der Waals surface area contributed by atoms with Gasteiger partial charge in [0.25, 0.3) is 0 Å². The fourth-order valence-electron chi connectivity index (χ4n) is 2.86. The predicted molar refractivity (Wildman–Crippen MR) is 81.9 cm³/mol. The number of aromatic nitrogens is 2. The Bertz CT molecular complexity index is 724. The van der Waals surface area contributed by atoms with Crippen molar-refractivity contribution >= 4 is 11.9 Å². The van der Waals surface area contributed by atoms with Crippen LogP contribution in [0.1, 0.15) is 32.1 Å². The van der Waals surface area contributed by atoms with Crippen LogP contribution in [0.2, 0.25) is 0 Å². The number of carbonyl (C=O) groups is 2. The van der Waals surface area contributed by atoms with E-state index in [-0.39, 0.29) is 18.9 Å². The monoisotopic (exact) mass is 333 g/mol. The molecule has 8 nitrogen and oxygen atoms in total. The largest absolute Gasteiger partial charge is 0.481 e. The van der Waals surface area contributed by atoms with Crippen molar-refractivity contribution in [3.05, 3.63) is 24.3 Å². The average molecular weight is 333 g/mol. The lowest BCUT2D eigenvalue weighted by molar-refractivity contribution is -0.153. The van der Waals surface area contributed by atoms with Gasteiger partial charge in [-0.1, -0.05) is 5.16 Å². The minimum Gasteiger partial charge on any atom is -0.481 e. The number of carboxylic acids is 1. The topological polar surface area (TPSA) is 110 Å². The molecule has 2 aromatic rings. The van der Waals surface area contributed by atoms with Crippen LogP contribution in [0, 0.1) is 5.41 Å². The third kappa shape index (κ3) is 3.32. The van der Waals surface area contributed by atoms with Crippen LogP contribution in [0.25, 0.3) is 11.6 Å². The lowest BCUT2D eigenvalue weighted by Crippen LogP contribution is -2.48. The number of aliphatic carboxylic acids is 1. The van der Waals surface area contributed by atoms with Gasteiger partial charge >= 0.3 is 5.97 Å². The van der Waals surface area contributed by atoms with E-state index < -0.39 is 11.4 Å². The van der Waals surface area contributed by atoms with Crippen molar-refractivity contribution in [2.75, 3.05) is 13.1 Å². The second-order valence-corrected chi connectivity index (χ2v) is 6.27. The zero-order valence-corrected chi connectivity index (χ0v) is 13.4. The van der Waals surface area contributed by atoms with Gasteiger partial charge in [0.1, 0.15) is 0 Å². The molecule has 128 valence electrons. The first-order chi connectivity index (χ1) is 11.5. The number of carbonyl (C=O) groups excluding carboxylic acids is 1. The van der Waals surface area contributed by atoms with Crippen molar-refractivity contribution < 1.29 is 23.6 Å². The number of hydrogen-bond donors (Lipinski definition) is 1. The van der Waals surface area contributed by atoms with Gasteiger partial charge in [0, 0.05) is 25.9 Å². The van der Waals surface area contributed by atoms with Crippen LogP contribution in [-0.4, -0.2) is 45.1 Å². The summed E-state index contributed by atoms with van der Waals surface area (Å²) in [6, 6.07) is 3.45. The zero-order valence-electron chi connectivity index (χ0n) is 13.4. The SMILES string of the molecule is CC1(C(=O)O)CCCN(C(=O)CCc2nc(-c3ccco3)no2)C1. The predicted octanol–water partition coefficient (Wildman–Crippen LogP) is 1.98. The van der Waals surface area contributed by atoms with Gasteiger partial charge in [0.2, 0.25) is 17.6 Å². The molecule has 1 unspecified atom stereocenters. The van der Waals surface area contributed by atoms with E-state index in [9.17, 15) is 14.7 Å². The molecule has 8 heteroatoms. The van der Waals surface area contributed by atoms with E-state index in [1.54, 1.807) is 24.0 Å². The van der Waals surface area contributed by atoms with E-state index >= 15 is 0 Å². The highest BCUT2D eigenvalue weighted by Gasteiger charge is 2.39. The van der Waals surface area contributed by atoms with Crippen molar-refractivity contribution in [1.29, 1.82) is 0 Å². The highest BCUT2D eigenvalue weighted by atomic mass is 16.5. The first-order valence-corrected chi connectivity index (χ1v) is 7.85. The van der Waals surface area contributed by atoms with Crippen LogP contribution in [0.15, 0.2) is 27.3 Å². The van der Waals surface area contributed by atoms with Crippen LogP contribution in [0.4, 0.5) is 0 Å². The third-order valence-corrected chi connectivity index (χ3v) is 4.33. The molecule has 1 N–H and O–H groups in total. The molecule has 0 bridgehead atoms. The first kappa shape index (κ1) is 16.2. The second kappa shape index (κ2) is 6.46. The summed E-state index contributed by atoms with van der Waals surface area (Å²) < 4.78 is 10.3. The molecule has 0 saturated carbocycles. The van der Waals surface area contributed by atoms with E-state index in [0.717, 1.165) is 0 Å². The summed E-state index contributed by atoms with van der Waals surface area (Å²) in [5.74, 6) is 0.246. The van der Waals surface area contributed by atoms with Crippen molar-refractivity contribution in [3.8, 4) is 11.6 Å². The number of piperidine rings is 1. The molecular weight excluding hydrogens is 314 g/mol. The molecule has 1 fully saturated rings. The van der Waals surface area contributed by atoms with Crippen molar-refractivity contribution in [2.45, 2.75) is 32.6 Å². The molecule has 0 aliphatic carbocycles. The molecule has 3 heterocycles. The Morgan fingerprint density at radius 1 is 1.46 bits per heavy atom. The maximum Gasteiger partial charge on any atom is 0.311 e. The maximum absolute atomic E-state index is 12.3. The maximum atomic E-state index is 12.3.